The van der Waals surface area contributed by atoms with Crippen molar-refractivity contribution in [3.8, 4) is 0 Å². The quantitative estimate of drug-likeness (QED) is 0.590. The van der Waals surface area contributed by atoms with E-state index in [0.29, 0.717) is 5.92 Å². The number of amides is 1. The van der Waals surface area contributed by atoms with Crippen LogP contribution in [0.3, 0.4) is 0 Å². The molecule has 2 N–H and O–H groups in total. The summed E-state index contributed by atoms with van der Waals surface area (Å²) in [6.07, 6.45) is 2.08. The lowest BCUT2D eigenvalue weighted by molar-refractivity contribution is -0.140. The summed E-state index contributed by atoms with van der Waals surface area (Å²) in [5.41, 5.74) is 0. The van der Waals surface area contributed by atoms with Gasteiger partial charge < -0.3 is 15.3 Å². The van der Waals surface area contributed by atoms with E-state index in [0.717, 1.165) is 32.5 Å². The molecule has 2 saturated heterocycles. The molecule has 0 aliphatic carbocycles. The van der Waals surface area contributed by atoms with Crippen molar-refractivity contribution >= 4 is 5.91 Å². The number of hydrogen-bond acceptors (Lipinski definition) is 3. The largest absolute Gasteiger partial charge is 0.396 e. The van der Waals surface area contributed by atoms with E-state index in [1.54, 1.807) is 0 Å². The molecule has 0 saturated carbocycles. The molecule has 2 fully saturated rings. The number of likely N-dealkylation sites (tertiary alicyclic amines) is 1. The summed E-state index contributed by atoms with van der Waals surface area (Å²) >= 11 is 0. The van der Waals surface area contributed by atoms with Crippen molar-refractivity contribution in [2.75, 3.05) is 26.2 Å². The molecule has 0 unspecified atom stereocenters. The smallest absolute Gasteiger partial charge is 0.239 e. The number of aliphatic hydroxyl groups is 1. The minimum Gasteiger partial charge on any atom is -0.396 e. The molecule has 74 valence electrons. The fraction of sp³-hybridized carbons (Fsp3) is 0.889. The molecule has 0 radical (unpaired) electrons. The molecule has 2 aliphatic heterocycles. The number of hydrogen-bond donors (Lipinski definition) is 2. The van der Waals surface area contributed by atoms with Crippen LogP contribution >= 0.6 is 0 Å². The van der Waals surface area contributed by atoms with E-state index in [1.807, 2.05) is 4.90 Å². The Kier molecular flexibility index (Phi) is 2.51. The first-order valence-electron chi connectivity index (χ1n) is 4.94. The van der Waals surface area contributed by atoms with Crippen LogP contribution in [0.5, 0.6) is 0 Å². The van der Waals surface area contributed by atoms with E-state index < -0.39 is 0 Å². The average Bonchev–Trinajstić information content (AvgIpc) is 2.53. The zero-order chi connectivity index (χ0) is 9.26. The second kappa shape index (κ2) is 3.64. The summed E-state index contributed by atoms with van der Waals surface area (Å²) < 4.78 is 0. The maximum atomic E-state index is 11.7. The third-order valence-electron chi connectivity index (χ3n) is 2.89. The molecule has 0 aromatic carbocycles. The average molecular weight is 184 g/mol. The summed E-state index contributed by atoms with van der Waals surface area (Å²) in [5, 5.41) is 12.0. The third-order valence-corrected chi connectivity index (χ3v) is 2.89. The highest BCUT2D eigenvalue weighted by molar-refractivity contribution is 5.82. The summed E-state index contributed by atoms with van der Waals surface area (Å²) in [6, 6.07) is 0.0552. The molecule has 2 rings (SSSR count). The number of carbonyl (C=O) groups excluding carboxylic acids is 1. The minimum absolute atomic E-state index is 0.0552. The van der Waals surface area contributed by atoms with Crippen LogP contribution in [0.1, 0.15) is 12.8 Å². The van der Waals surface area contributed by atoms with E-state index in [-0.39, 0.29) is 18.6 Å². The first-order valence-corrected chi connectivity index (χ1v) is 4.94. The van der Waals surface area contributed by atoms with Gasteiger partial charge in [0, 0.05) is 25.6 Å². The van der Waals surface area contributed by atoms with Gasteiger partial charge in [0.15, 0.2) is 0 Å². The van der Waals surface area contributed by atoms with Gasteiger partial charge in [0.1, 0.15) is 0 Å². The first-order chi connectivity index (χ1) is 6.31. The van der Waals surface area contributed by atoms with Gasteiger partial charge in [0.25, 0.3) is 0 Å². The van der Waals surface area contributed by atoms with Crippen LogP contribution < -0.4 is 5.32 Å². The Morgan fingerprint density at radius 2 is 2.31 bits per heavy atom. The van der Waals surface area contributed by atoms with E-state index in [9.17, 15) is 4.79 Å². The molecule has 2 aliphatic rings. The first kappa shape index (κ1) is 8.97. The van der Waals surface area contributed by atoms with Gasteiger partial charge in [0.05, 0.1) is 6.04 Å². The van der Waals surface area contributed by atoms with Crippen LogP contribution in [-0.4, -0.2) is 48.2 Å². The zero-order valence-electron chi connectivity index (χ0n) is 7.70. The molecule has 0 aromatic heterocycles. The highest BCUT2D eigenvalue weighted by atomic mass is 16.3. The fourth-order valence-electron chi connectivity index (χ4n) is 1.98. The van der Waals surface area contributed by atoms with Crippen molar-refractivity contribution < 1.29 is 9.90 Å². The second-order valence-corrected chi connectivity index (χ2v) is 3.94. The number of carbonyl (C=O) groups is 1. The Balaban J connectivity index is 1.78. The number of nitrogens with zero attached hydrogens (tertiary/aromatic N) is 1. The van der Waals surface area contributed by atoms with Crippen LogP contribution in [0.15, 0.2) is 0 Å². The maximum absolute atomic E-state index is 11.7. The van der Waals surface area contributed by atoms with Crippen molar-refractivity contribution in [1.82, 2.24) is 10.2 Å². The highest BCUT2D eigenvalue weighted by Crippen LogP contribution is 2.18. The Morgan fingerprint density at radius 1 is 1.54 bits per heavy atom. The predicted octanol–water partition coefficient (Wildman–Crippen LogP) is -0.811. The normalized spacial score (nSPS) is 29.0. The summed E-state index contributed by atoms with van der Waals surface area (Å²) in [6.45, 7) is 2.66. The van der Waals surface area contributed by atoms with Crippen LogP contribution in [0.25, 0.3) is 0 Å². The van der Waals surface area contributed by atoms with Gasteiger partial charge in [-0.3, -0.25) is 4.79 Å². The number of rotatable bonds is 2. The maximum Gasteiger partial charge on any atom is 0.239 e. The number of aliphatic hydroxyl groups excluding tert-OH is 1. The SMILES string of the molecule is O=C([C@H]1CCCN1)N1CC(CO)C1. The number of nitrogens with one attached hydrogen (secondary N) is 1. The standard InChI is InChI=1S/C9H16N2O2/c12-6-7-4-11(5-7)9(13)8-2-1-3-10-8/h7-8,10,12H,1-6H2/t8-/m1/s1. The lowest BCUT2D eigenvalue weighted by Crippen LogP contribution is -2.56. The monoisotopic (exact) mass is 184 g/mol. The predicted molar refractivity (Wildman–Crippen MR) is 48.2 cm³/mol. The van der Waals surface area contributed by atoms with E-state index in [2.05, 4.69) is 5.32 Å². The van der Waals surface area contributed by atoms with Crippen molar-refractivity contribution in [3.63, 3.8) is 0 Å². The molecule has 0 spiro atoms. The molecular formula is C9H16N2O2. The molecular weight excluding hydrogens is 168 g/mol. The Morgan fingerprint density at radius 3 is 2.85 bits per heavy atom. The zero-order valence-corrected chi connectivity index (χ0v) is 7.70. The fourth-order valence-corrected chi connectivity index (χ4v) is 1.98. The van der Waals surface area contributed by atoms with Crippen LogP contribution in [-0.2, 0) is 4.79 Å². The molecule has 1 atom stereocenters. The molecule has 0 bridgehead atoms. The van der Waals surface area contributed by atoms with Gasteiger partial charge in [-0.05, 0) is 19.4 Å². The van der Waals surface area contributed by atoms with Gasteiger partial charge in [-0.2, -0.15) is 0 Å². The topological polar surface area (TPSA) is 52.6 Å². The van der Waals surface area contributed by atoms with Gasteiger partial charge in [-0.15, -0.1) is 0 Å². The molecule has 4 heteroatoms. The summed E-state index contributed by atoms with van der Waals surface area (Å²) in [5.74, 6) is 0.549. The van der Waals surface area contributed by atoms with Gasteiger partial charge >= 0.3 is 0 Å². The molecule has 2 heterocycles. The van der Waals surface area contributed by atoms with Crippen molar-refractivity contribution in [3.05, 3.63) is 0 Å². The highest BCUT2D eigenvalue weighted by Gasteiger charge is 2.34. The lowest BCUT2D eigenvalue weighted by Gasteiger charge is -2.39. The van der Waals surface area contributed by atoms with Gasteiger partial charge in [-0.1, -0.05) is 0 Å². The molecule has 13 heavy (non-hydrogen) atoms. The van der Waals surface area contributed by atoms with Gasteiger partial charge in [-0.25, -0.2) is 0 Å². The Labute approximate surface area is 77.9 Å². The summed E-state index contributed by atoms with van der Waals surface area (Å²) in [4.78, 5) is 13.5. The van der Waals surface area contributed by atoms with Crippen LogP contribution in [0, 0.1) is 5.92 Å². The Bertz CT molecular complexity index is 196. The third kappa shape index (κ3) is 1.69. The minimum atomic E-state index is 0.0552. The van der Waals surface area contributed by atoms with E-state index in [4.69, 9.17) is 5.11 Å². The summed E-state index contributed by atoms with van der Waals surface area (Å²) in [7, 11) is 0. The molecule has 4 nitrogen and oxygen atoms in total. The van der Waals surface area contributed by atoms with Crippen LogP contribution in [0.2, 0.25) is 0 Å². The van der Waals surface area contributed by atoms with E-state index in [1.165, 1.54) is 0 Å². The van der Waals surface area contributed by atoms with E-state index >= 15 is 0 Å². The molecule has 0 aromatic rings. The van der Waals surface area contributed by atoms with Crippen molar-refractivity contribution in [1.29, 1.82) is 0 Å². The van der Waals surface area contributed by atoms with Crippen LogP contribution in [0.4, 0.5) is 0 Å². The Hall–Kier alpha value is -0.610. The second-order valence-electron chi connectivity index (χ2n) is 3.94. The van der Waals surface area contributed by atoms with Gasteiger partial charge in [0.2, 0.25) is 5.91 Å². The van der Waals surface area contributed by atoms with Crippen molar-refractivity contribution in [2.24, 2.45) is 5.92 Å². The molecule has 1 amide bonds. The lowest BCUT2D eigenvalue weighted by atomic mass is 10.00. The van der Waals surface area contributed by atoms with Crippen molar-refractivity contribution in [2.45, 2.75) is 18.9 Å².